The van der Waals surface area contributed by atoms with Crippen molar-refractivity contribution in [3.8, 4) is 6.07 Å². The first-order valence-electron chi connectivity index (χ1n) is 2.95. The minimum absolute atomic E-state index is 0.188. The third-order valence-electron chi connectivity index (χ3n) is 1.31. The van der Waals surface area contributed by atoms with Crippen LogP contribution in [0.15, 0.2) is 0 Å². The Balaban J connectivity index is 3.84. The van der Waals surface area contributed by atoms with Gasteiger partial charge in [-0.1, -0.05) is 6.92 Å². The first kappa shape index (κ1) is 8.92. The average molecular weight is 142 g/mol. The molecule has 10 heavy (non-hydrogen) atoms. The molecule has 0 amide bonds. The quantitative estimate of drug-likeness (QED) is 0.578. The monoisotopic (exact) mass is 142 g/mol. The molecule has 0 aromatic heterocycles. The summed E-state index contributed by atoms with van der Waals surface area (Å²) in [5, 5.41) is 16.5. The van der Waals surface area contributed by atoms with Crippen LogP contribution >= 0.6 is 0 Å². The van der Waals surface area contributed by atoms with Gasteiger partial charge in [0.1, 0.15) is 6.04 Å². The van der Waals surface area contributed by atoms with E-state index in [-0.39, 0.29) is 12.3 Å². The lowest BCUT2D eigenvalue weighted by atomic mass is 10.0. The molecule has 0 radical (unpaired) electrons. The molecule has 0 bridgehead atoms. The van der Waals surface area contributed by atoms with E-state index in [0.717, 1.165) is 0 Å². The van der Waals surface area contributed by atoms with Crippen molar-refractivity contribution in [1.29, 1.82) is 5.26 Å². The molecule has 0 fully saturated rings. The van der Waals surface area contributed by atoms with E-state index >= 15 is 0 Å². The van der Waals surface area contributed by atoms with Gasteiger partial charge in [-0.05, 0) is 5.92 Å². The summed E-state index contributed by atoms with van der Waals surface area (Å²) in [6, 6.07) is 0.943. The maximum Gasteiger partial charge on any atom is 0.320 e. The molecule has 0 aliphatic carbocycles. The Morgan fingerprint density at radius 1 is 1.90 bits per heavy atom. The van der Waals surface area contributed by atoms with Crippen LogP contribution in [0.2, 0.25) is 0 Å². The lowest BCUT2D eigenvalue weighted by molar-refractivity contribution is -0.139. The van der Waals surface area contributed by atoms with Gasteiger partial charge in [-0.25, -0.2) is 0 Å². The van der Waals surface area contributed by atoms with Crippen molar-refractivity contribution >= 4 is 5.97 Å². The van der Waals surface area contributed by atoms with Crippen molar-refractivity contribution in [2.75, 3.05) is 0 Å². The van der Waals surface area contributed by atoms with E-state index in [9.17, 15) is 4.79 Å². The number of hydrogen-bond acceptors (Lipinski definition) is 3. The van der Waals surface area contributed by atoms with Crippen LogP contribution < -0.4 is 5.73 Å². The molecule has 0 spiro atoms. The number of rotatable bonds is 3. The van der Waals surface area contributed by atoms with E-state index in [1.165, 1.54) is 0 Å². The maximum absolute atomic E-state index is 10.2. The molecule has 0 heterocycles. The molecule has 0 saturated heterocycles. The van der Waals surface area contributed by atoms with E-state index in [1.54, 1.807) is 6.92 Å². The Morgan fingerprint density at radius 2 is 2.40 bits per heavy atom. The summed E-state index contributed by atoms with van der Waals surface area (Å²) in [7, 11) is 0. The number of nitrogens with zero attached hydrogens (tertiary/aromatic N) is 1. The standard InChI is InChI=1S/C6H10N2O2/c1-4(2-3-7)5(8)6(9)10/h4-5H,2,8H2,1H3,(H,9,10). The predicted molar refractivity (Wildman–Crippen MR) is 35.0 cm³/mol. The summed E-state index contributed by atoms with van der Waals surface area (Å²) in [5.41, 5.74) is 5.20. The molecule has 0 rings (SSSR count). The molecule has 56 valence electrons. The van der Waals surface area contributed by atoms with Crippen molar-refractivity contribution in [3.63, 3.8) is 0 Å². The third kappa shape index (κ3) is 2.46. The summed E-state index contributed by atoms with van der Waals surface area (Å²) in [6.45, 7) is 1.64. The highest BCUT2D eigenvalue weighted by Crippen LogP contribution is 2.04. The topological polar surface area (TPSA) is 87.1 Å². The minimum atomic E-state index is -1.05. The van der Waals surface area contributed by atoms with Crippen molar-refractivity contribution in [1.82, 2.24) is 0 Å². The van der Waals surface area contributed by atoms with Crippen molar-refractivity contribution in [2.24, 2.45) is 11.7 Å². The van der Waals surface area contributed by atoms with Gasteiger partial charge >= 0.3 is 5.97 Å². The predicted octanol–water partition coefficient (Wildman–Crippen LogP) is -0.0519. The largest absolute Gasteiger partial charge is 0.480 e. The number of nitrogens with two attached hydrogens (primary N) is 1. The molecule has 0 aromatic rings. The minimum Gasteiger partial charge on any atom is -0.480 e. The fourth-order valence-electron chi connectivity index (χ4n) is 0.514. The van der Waals surface area contributed by atoms with E-state index < -0.39 is 12.0 Å². The Morgan fingerprint density at radius 3 is 2.70 bits per heavy atom. The summed E-state index contributed by atoms with van der Waals surface area (Å²) < 4.78 is 0. The molecule has 0 saturated carbocycles. The summed E-state index contributed by atoms with van der Waals surface area (Å²) in [5.74, 6) is -1.33. The zero-order valence-electron chi connectivity index (χ0n) is 5.74. The van der Waals surface area contributed by atoms with Crippen molar-refractivity contribution in [2.45, 2.75) is 19.4 Å². The number of carboxylic acids is 1. The van der Waals surface area contributed by atoms with Crippen molar-refractivity contribution < 1.29 is 9.90 Å². The molecular weight excluding hydrogens is 132 g/mol. The smallest absolute Gasteiger partial charge is 0.320 e. The van der Waals surface area contributed by atoms with Gasteiger partial charge in [-0.2, -0.15) is 5.26 Å². The second kappa shape index (κ2) is 3.85. The van der Waals surface area contributed by atoms with Crippen LogP contribution in [-0.4, -0.2) is 17.1 Å². The lowest BCUT2D eigenvalue weighted by Crippen LogP contribution is -2.36. The number of nitriles is 1. The molecule has 0 aliphatic heterocycles. The van der Waals surface area contributed by atoms with E-state index in [0.29, 0.717) is 0 Å². The number of aliphatic carboxylic acids is 1. The van der Waals surface area contributed by atoms with E-state index in [2.05, 4.69) is 0 Å². The SMILES string of the molecule is CC(CC#N)C(N)C(=O)O. The van der Waals surface area contributed by atoms with E-state index in [4.69, 9.17) is 16.1 Å². The van der Waals surface area contributed by atoms with Gasteiger partial charge in [0.2, 0.25) is 0 Å². The average Bonchev–Trinajstić information content (AvgIpc) is 1.87. The molecule has 3 N–H and O–H groups in total. The molecule has 4 nitrogen and oxygen atoms in total. The Kier molecular flexibility index (Phi) is 3.44. The zero-order chi connectivity index (χ0) is 8.15. The van der Waals surface area contributed by atoms with E-state index in [1.807, 2.05) is 6.07 Å². The van der Waals surface area contributed by atoms with Gasteiger partial charge in [0, 0.05) is 6.42 Å². The second-order valence-electron chi connectivity index (χ2n) is 2.20. The molecular formula is C6H10N2O2. The highest BCUT2D eigenvalue weighted by atomic mass is 16.4. The molecule has 2 unspecified atom stereocenters. The van der Waals surface area contributed by atoms with Crippen molar-refractivity contribution in [3.05, 3.63) is 0 Å². The van der Waals surface area contributed by atoms with Gasteiger partial charge in [-0.15, -0.1) is 0 Å². The van der Waals surface area contributed by atoms with Gasteiger partial charge in [0.25, 0.3) is 0 Å². The first-order valence-corrected chi connectivity index (χ1v) is 2.95. The summed E-state index contributed by atoms with van der Waals surface area (Å²) in [6.07, 6.45) is 0.188. The maximum atomic E-state index is 10.2. The highest BCUT2D eigenvalue weighted by Gasteiger charge is 2.18. The van der Waals surface area contributed by atoms with Crippen LogP contribution in [0.25, 0.3) is 0 Å². The van der Waals surface area contributed by atoms with Crippen LogP contribution in [0.1, 0.15) is 13.3 Å². The van der Waals surface area contributed by atoms with Crippen LogP contribution in [-0.2, 0) is 4.79 Å². The number of carboxylic acid groups (broad SMARTS) is 1. The van der Waals surface area contributed by atoms with Crippen LogP contribution in [0.4, 0.5) is 0 Å². The fourth-order valence-corrected chi connectivity index (χ4v) is 0.514. The van der Waals surface area contributed by atoms with Crippen LogP contribution in [0.3, 0.4) is 0 Å². The Bertz CT molecular complexity index is 162. The molecule has 2 atom stereocenters. The Labute approximate surface area is 59.3 Å². The lowest BCUT2D eigenvalue weighted by Gasteiger charge is -2.10. The zero-order valence-corrected chi connectivity index (χ0v) is 5.74. The number of hydrogen-bond donors (Lipinski definition) is 2. The fraction of sp³-hybridized carbons (Fsp3) is 0.667. The van der Waals surface area contributed by atoms with Crippen LogP contribution in [0.5, 0.6) is 0 Å². The second-order valence-corrected chi connectivity index (χ2v) is 2.20. The van der Waals surface area contributed by atoms with Gasteiger partial charge in [0.05, 0.1) is 6.07 Å². The summed E-state index contributed by atoms with van der Waals surface area (Å²) in [4.78, 5) is 10.2. The molecule has 4 heteroatoms. The first-order chi connectivity index (χ1) is 4.59. The molecule has 0 aliphatic rings. The summed E-state index contributed by atoms with van der Waals surface area (Å²) >= 11 is 0. The third-order valence-corrected chi connectivity index (χ3v) is 1.31. The highest BCUT2D eigenvalue weighted by molar-refractivity contribution is 5.73. The van der Waals surface area contributed by atoms with Gasteiger partial charge in [0.15, 0.2) is 0 Å². The van der Waals surface area contributed by atoms with Gasteiger partial charge < -0.3 is 10.8 Å². The van der Waals surface area contributed by atoms with Crippen LogP contribution in [0, 0.1) is 17.2 Å². The molecule has 0 aromatic carbocycles. The Hall–Kier alpha value is -1.08. The normalized spacial score (nSPS) is 15.3. The van der Waals surface area contributed by atoms with Gasteiger partial charge in [-0.3, -0.25) is 4.79 Å². The number of carbonyl (C=O) groups is 1.